The van der Waals surface area contributed by atoms with Gasteiger partial charge in [0.2, 0.25) is 0 Å². The molecule has 0 radical (unpaired) electrons. The highest BCUT2D eigenvalue weighted by atomic mass is 16.6. The number of rotatable bonds is 2. The summed E-state index contributed by atoms with van der Waals surface area (Å²) in [6.45, 7) is 12.3. The summed E-state index contributed by atoms with van der Waals surface area (Å²) in [7, 11) is 0. The van der Waals surface area contributed by atoms with Crippen molar-refractivity contribution in [2.24, 2.45) is 0 Å². The summed E-state index contributed by atoms with van der Waals surface area (Å²) in [4.78, 5) is 32.3. The second-order valence-corrected chi connectivity index (χ2v) is 7.99. The lowest BCUT2D eigenvalue weighted by atomic mass is 10.0. The lowest BCUT2D eigenvalue weighted by Crippen LogP contribution is -2.50. The van der Waals surface area contributed by atoms with E-state index in [0.29, 0.717) is 38.4 Å². The van der Waals surface area contributed by atoms with E-state index in [1.807, 2.05) is 40.0 Å². The Hall–Kier alpha value is -2.57. The average Bonchev–Trinajstić information content (AvgIpc) is 2.93. The Bertz CT molecular complexity index is 787. The Morgan fingerprint density at radius 2 is 1.85 bits per heavy atom. The summed E-state index contributed by atoms with van der Waals surface area (Å²) < 4.78 is 10.5. The number of carbonyl (C=O) groups is 2. The normalized spacial score (nSPS) is 18.0. The number of piperazine rings is 1. The molecule has 7 heteroatoms. The van der Waals surface area contributed by atoms with E-state index < -0.39 is 5.60 Å². The SMILES string of the molecule is CC1=C(c2cnc(N3CCN(C(=O)OC(C)(C)C)CC3)cc2C)COC1=O. The van der Waals surface area contributed by atoms with Gasteiger partial charge in [0.15, 0.2) is 0 Å². The minimum absolute atomic E-state index is 0.258. The van der Waals surface area contributed by atoms with Crippen molar-refractivity contribution in [3.63, 3.8) is 0 Å². The number of nitrogens with zero attached hydrogens (tertiary/aromatic N) is 3. The molecule has 0 aromatic carbocycles. The van der Waals surface area contributed by atoms with Crippen LogP contribution < -0.4 is 4.90 Å². The van der Waals surface area contributed by atoms with E-state index in [9.17, 15) is 9.59 Å². The van der Waals surface area contributed by atoms with Crippen LogP contribution in [0.3, 0.4) is 0 Å². The van der Waals surface area contributed by atoms with Crippen LogP contribution in [0, 0.1) is 6.92 Å². The van der Waals surface area contributed by atoms with Gasteiger partial charge in [0.05, 0.1) is 0 Å². The molecular formula is C20H27N3O4. The predicted octanol–water partition coefficient (Wildman–Crippen LogP) is 2.78. The van der Waals surface area contributed by atoms with Crippen LogP contribution in [0.1, 0.15) is 38.8 Å². The van der Waals surface area contributed by atoms with Gasteiger partial charge < -0.3 is 19.3 Å². The minimum Gasteiger partial charge on any atom is -0.457 e. The fourth-order valence-corrected chi connectivity index (χ4v) is 3.23. The molecule has 146 valence electrons. The first-order valence-electron chi connectivity index (χ1n) is 9.22. The van der Waals surface area contributed by atoms with Gasteiger partial charge in [-0.05, 0) is 46.2 Å². The van der Waals surface area contributed by atoms with Crippen LogP contribution in [-0.4, -0.2) is 60.3 Å². The molecule has 1 saturated heterocycles. The molecular weight excluding hydrogens is 346 g/mol. The van der Waals surface area contributed by atoms with Crippen molar-refractivity contribution in [3.05, 3.63) is 29.0 Å². The molecule has 0 N–H and O–H groups in total. The highest BCUT2D eigenvalue weighted by Gasteiger charge is 2.27. The van der Waals surface area contributed by atoms with E-state index in [1.54, 1.807) is 11.8 Å². The molecule has 0 atom stereocenters. The maximum absolute atomic E-state index is 12.2. The van der Waals surface area contributed by atoms with Gasteiger partial charge in [-0.1, -0.05) is 0 Å². The maximum atomic E-state index is 12.2. The lowest BCUT2D eigenvalue weighted by molar-refractivity contribution is -0.135. The number of pyridine rings is 1. The van der Waals surface area contributed by atoms with Crippen LogP contribution >= 0.6 is 0 Å². The molecule has 27 heavy (non-hydrogen) atoms. The summed E-state index contributed by atoms with van der Waals surface area (Å²) in [6, 6.07) is 2.03. The number of hydrogen-bond donors (Lipinski definition) is 0. The third kappa shape index (κ3) is 4.23. The zero-order valence-corrected chi connectivity index (χ0v) is 16.7. The van der Waals surface area contributed by atoms with Crippen molar-refractivity contribution >= 4 is 23.5 Å². The molecule has 0 aliphatic carbocycles. The number of carbonyl (C=O) groups excluding carboxylic acids is 2. The van der Waals surface area contributed by atoms with Crippen molar-refractivity contribution in [1.29, 1.82) is 0 Å². The smallest absolute Gasteiger partial charge is 0.410 e. The Kier molecular flexibility index (Phi) is 5.13. The van der Waals surface area contributed by atoms with Gasteiger partial charge in [-0.25, -0.2) is 14.6 Å². The molecule has 0 spiro atoms. The van der Waals surface area contributed by atoms with E-state index in [4.69, 9.17) is 9.47 Å². The molecule has 3 heterocycles. The van der Waals surface area contributed by atoms with Crippen molar-refractivity contribution in [1.82, 2.24) is 9.88 Å². The lowest BCUT2D eigenvalue weighted by Gasteiger charge is -2.36. The third-order valence-corrected chi connectivity index (χ3v) is 4.78. The third-order valence-electron chi connectivity index (χ3n) is 4.78. The first kappa shape index (κ1) is 19.2. The first-order chi connectivity index (χ1) is 12.7. The van der Waals surface area contributed by atoms with Gasteiger partial charge in [0.1, 0.15) is 18.0 Å². The largest absolute Gasteiger partial charge is 0.457 e. The van der Waals surface area contributed by atoms with Crippen LogP contribution in [0.25, 0.3) is 5.57 Å². The standard InChI is InChI=1S/C20H27N3O4/c1-13-10-17(21-11-15(13)16-12-26-18(24)14(16)2)22-6-8-23(9-7-22)19(25)27-20(3,4)5/h10-11H,6-9,12H2,1-5H3. The molecule has 2 aliphatic rings. The summed E-state index contributed by atoms with van der Waals surface area (Å²) in [5.41, 5.74) is 3.09. The molecule has 1 aromatic rings. The number of esters is 1. The number of anilines is 1. The van der Waals surface area contributed by atoms with Crippen LogP contribution in [0.15, 0.2) is 17.8 Å². The minimum atomic E-state index is -0.485. The van der Waals surface area contributed by atoms with Gasteiger partial charge in [0.25, 0.3) is 0 Å². The van der Waals surface area contributed by atoms with E-state index in [-0.39, 0.29) is 12.1 Å². The molecule has 2 aliphatic heterocycles. The molecule has 3 rings (SSSR count). The molecule has 0 saturated carbocycles. The second kappa shape index (κ2) is 7.21. The van der Waals surface area contributed by atoms with Crippen LogP contribution in [0.2, 0.25) is 0 Å². The van der Waals surface area contributed by atoms with Gasteiger partial charge in [-0.3, -0.25) is 0 Å². The van der Waals surface area contributed by atoms with Crippen molar-refractivity contribution < 1.29 is 19.1 Å². The highest BCUT2D eigenvalue weighted by molar-refractivity contribution is 6.01. The molecule has 7 nitrogen and oxygen atoms in total. The number of ether oxygens (including phenoxy) is 2. The fourth-order valence-electron chi connectivity index (χ4n) is 3.23. The van der Waals surface area contributed by atoms with Crippen LogP contribution in [-0.2, 0) is 14.3 Å². The molecule has 1 aromatic heterocycles. The topological polar surface area (TPSA) is 72.0 Å². The van der Waals surface area contributed by atoms with Crippen molar-refractivity contribution in [3.8, 4) is 0 Å². The second-order valence-electron chi connectivity index (χ2n) is 7.99. The van der Waals surface area contributed by atoms with Crippen LogP contribution in [0.4, 0.5) is 10.6 Å². The Balaban J connectivity index is 1.66. The maximum Gasteiger partial charge on any atom is 0.410 e. The number of aryl methyl sites for hydroxylation is 1. The van der Waals surface area contributed by atoms with E-state index in [2.05, 4.69) is 9.88 Å². The summed E-state index contributed by atoms with van der Waals surface area (Å²) in [5.74, 6) is 0.621. The van der Waals surface area contributed by atoms with E-state index in [1.165, 1.54) is 0 Å². The van der Waals surface area contributed by atoms with Gasteiger partial charge in [-0.15, -0.1) is 0 Å². The Labute approximate surface area is 159 Å². The van der Waals surface area contributed by atoms with Gasteiger partial charge in [-0.2, -0.15) is 0 Å². The molecule has 1 fully saturated rings. The highest BCUT2D eigenvalue weighted by Crippen LogP contribution is 2.29. The first-order valence-corrected chi connectivity index (χ1v) is 9.22. The predicted molar refractivity (Wildman–Crippen MR) is 103 cm³/mol. The number of aromatic nitrogens is 1. The molecule has 0 unspecified atom stereocenters. The zero-order valence-electron chi connectivity index (χ0n) is 16.7. The van der Waals surface area contributed by atoms with Gasteiger partial charge >= 0.3 is 12.1 Å². The van der Waals surface area contributed by atoms with Crippen molar-refractivity contribution in [2.45, 2.75) is 40.2 Å². The summed E-state index contributed by atoms with van der Waals surface area (Å²) >= 11 is 0. The van der Waals surface area contributed by atoms with Crippen LogP contribution in [0.5, 0.6) is 0 Å². The monoisotopic (exact) mass is 373 g/mol. The summed E-state index contributed by atoms with van der Waals surface area (Å²) in [6.07, 6.45) is 1.54. The van der Waals surface area contributed by atoms with E-state index in [0.717, 1.165) is 22.5 Å². The van der Waals surface area contributed by atoms with E-state index >= 15 is 0 Å². The van der Waals surface area contributed by atoms with Gasteiger partial charge in [0, 0.05) is 49.1 Å². The average molecular weight is 373 g/mol. The Morgan fingerprint density at radius 3 is 2.37 bits per heavy atom. The number of cyclic esters (lactones) is 1. The molecule has 0 bridgehead atoms. The quantitative estimate of drug-likeness (QED) is 0.743. The fraction of sp³-hybridized carbons (Fsp3) is 0.550. The zero-order chi connectivity index (χ0) is 19.8. The summed E-state index contributed by atoms with van der Waals surface area (Å²) in [5, 5.41) is 0. The molecule has 1 amide bonds. The number of hydrogen-bond acceptors (Lipinski definition) is 6. The van der Waals surface area contributed by atoms with Crippen molar-refractivity contribution in [2.75, 3.05) is 37.7 Å². The number of amides is 1. The Morgan fingerprint density at radius 1 is 1.19 bits per heavy atom.